The van der Waals surface area contributed by atoms with Crippen LogP contribution in [0.2, 0.25) is 0 Å². The minimum atomic E-state index is -0.641. The van der Waals surface area contributed by atoms with Crippen molar-refractivity contribution in [3.8, 4) is 17.2 Å². The van der Waals surface area contributed by atoms with Crippen molar-refractivity contribution < 1.29 is 19.0 Å². The lowest BCUT2D eigenvalue weighted by molar-refractivity contribution is -0.122. The van der Waals surface area contributed by atoms with E-state index in [-0.39, 0.29) is 5.91 Å². The summed E-state index contributed by atoms with van der Waals surface area (Å²) in [7, 11) is 3.12. The number of anilines is 1. The van der Waals surface area contributed by atoms with Crippen molar-refractivity contribution >= 4 is 11.6 Å². The van der Waals surface area contributed by atoms with Crippen molar-refractivity contribution in [3.63, 3.8) is 0 Å². The Morgan fingerprint density at radius 1 is 1.00 bits per heavy atom. The average molecular weight is 329 g/mol. The lowest BCUT2D eigenvalue weighted by Gasteiger charge is -2.18. The highest BCUT2D eigenvalue weighted by Gasteiger charge is 2.18. The molecule has 0 unspecified atom stereocenters. The van der Waals surface area contributed by atoms with Crippen LogP contribution in [0.1, 0.15) is 18.1 Å². The first-order valence-corrected chi connectivity index (χ1v) is 7.71. The lowest BCUT2D eigenvalue weighted by Crippen LogP contribution is -2.30. The van der Waals surface area contributed by atoms with Gasteiger partial charge in [-0.05, 0) is 50.1 Å². The van der Waals surface area contributed by atoms with Crippen LogP contribution in [0.25, 0.3) is 0 Å². The quantitative estimate of drug-likeness (QED) is 0.877. The molecular formula is C19H23NO4. The number of aryl methyl sites for hydroxylation is 2. The highest BCUT2D eigenvalue weighted by molar-refractivity contribution is 5.95. The van der Waals surface area contributed by atoms with Crippen LogP contribution in [0, 0.1) is 13.8 Å². The predicted octanol–water partition coefficient (Wildman–Crippen LogP) is 3.73. The summed E-state index contributed by atoms with van der Waals surface area (Å²) in [6.07, 6.45) is -0.641. The summed E-state index contributed by atoms with van der Waals surface area (Å²) >= 11 is 0. The van der Waals surface area contributed by atoms with Gasteiger partial charge in [-0.3, -0.25) is 4.79 Å². The van der Waals surface area contributed by atoms with Gasteiger partial charge in [0.15, 0.2) is 6.10 Å². The second kappa shape index (κ2) is 7.73. The Bertz CT molecular complexity index is 727. The molecular weight excluding hydrogens is 306 g/mol. The molecule has 0 fully saturated rings. The normalized spacial score (nSPS) is 11.5. The highest BCUT2D eigenvalue weighted by atomic mass is 16.5. The van der Waals surface area contributed by atoms with E-state index in [0.717, 1.165) is 11.1 Å². The van der Waals surface area contributed by atoms with Crippen LogP contribution in [-0.4, -0.2) is 26.2 Å². The number of rotatable bonds is 6. The van der Waals surface area contributed by atoms with Crippen molar-refractivity contribution in [1.82, 2.24) is 0 Å². The molecule has 2 aromatic rings. The number of nitrogens with one attached hydrogen (secondary N) is 1. The van der Waals surface area contributed by atoms with Gasteiger partial charge in [0.05, 0.1) is 19.9 Å². The fraction of sp³-hybridized carbons (Fsp3) is 0.316. The van der Waals surface area contributed by atoms with E-state index in [4.69, 9.17) is 14.2 Å². The second-order valence-corrected chi connectivity index (χ2v) is 5.58. The summed E-state index contributed by atoms with van der Waals surface area (Å²) in [5.41, 5.74) is 2.64. The Morgan fingerprint density at radius 3 is 2.42 bits per heavy atom. The lowest BCUT2D eigenvalue weighted by atomic mass is 10.1. The number of methoxy groups -OCH3 is 2. The molecule has 24 heavy (non-hydrogen) atoms. The smallest absolute Gasteiger partial charge is 0.265 e. The molecule has 0 bridgehead atoms. The van der Waals surface area contributed by atoms with Gasteiger partial charge in [0.1, 0.15) is 17.2 Å². The van der Waals surface area contributed by atoms with Gasteiger partial charge in [-0.2, -0.15) is 0 Å². The van der Waals surface area contributed by atoms with Gasteiger partial charge < -0.3 is 19.5 Å². The van der Waals surface area contributed by atoms with Gasteiger partial charge in [0.2, 0.25) is 0 Å². The maximum absolute atomic E-state index is 12.4. The number of hydrogen-bond donors (Lipinski definition) is 1. The van der Waals surface area contributed by atoms with Crippen LogP contribution in [0.15, 0.2) is 36.4 Å². The van der Waals surface area contributed by atoms with Crippen LogP contribution in [0.3, 0.4) is 0 Å². The maximum atomic E-state index is 12.4. The molecule has 0 saturated carbocycles. The topological polar surface area (TPSA) is 56.8 Å². The third-order valence-electron chi connectivity index (χ3n) is 3.68. The number of amides is 1. The number of hydrogen-bond acceptors (Lipinski definition) is 4. The zero-order valence-electron chi connectivity index (χ0n) is 14.7. The average Bonchev–Trinajstić information content (AvgIpc) is 2.58. The third kappa shape index (κ3) is 4.19. The largest absolute Gasteiger partial charge is 0.497 e. The molecule has 1 atom stereocenters. The number of benzene rings is 2. The van der Waals surface area contributed by atoms with E-state index in [1.807, 2.05) is 32.0 Å². The molecule has 5 heteroatoms. The first-order chi connectivity index (χ1) is 11.4. The van der Waals surface area contributed by atoms with Crippen molar-refractivity contribution in [2.24, 2.45) is 0 Å². The van der Waals surface area contributed by atoms with E-state index in [9.17, 15) is 4.79 Å². The zero-order valence-corrected chi connectivity index (χ0v) is 14.7. The number of ether oxygens (including phenoxy) is 3. The van der Waals surface area contributed by atoms with Crippen molar-refractivity contribution in [2.75, 3.05) is 19.5 Å². The minimum Gasteiger partial charge on any atom is -0.497 e. The summed E-state index contributed by atoms with van der Waals surface area (Å²) in [6.45, 7) is 5.65. The van der Waals surface area contributed by atoms with E-state index in [0.29, 0.717) is 22.9 Å². The molecule has 0 aliphatic carbocycles. The van der Waals surface area contributed by atoms with Crippen LogP contribution in [0.4, 0.5) is 5.69 Å². The second-order valence-electron chi connectivity index (χ2n) is 5.58. The molecule has 0 aliphatic heterocycles. The SMILES string of the molecule is COc1ccc(NC(=O)[C@@H](C)Oc2cc(C)ccc2C)c(OC)c1. The molecule has 2 aromatic carbocycles. The first-order valence-electron chi connectivity index (χ1n) is 7.71. The van der Waals surface area contributed by atoms with E-state index in [1.165, 1.54) is 0 Å². The Kier molecular flexibility index (Phi) is 5.68. The molecule has 0 heterocycles. The molecule has 0 saturated heterocycles. The Morgan fingerprint density at radius 2 is 1.75 bits per heavy atom. The molecule has 0 spiro atoms. The Balaban J connectivity index is 2.10. The maximum Gasteiger partial charge on any atom is 0.265 e. The van der Waals surface area contributed by atoms with Gasteiger partial charge in [-0.1, -0.05) is 12.1 Å². The van der Waals surface area contributed by atoms with E-state index in [1.54, 1.807) is 39.3 Å². The predicted molar refractivity (Wildman–Crippen MR) is 94.2 cm³/mol. The van der Waals surface area contributed by atoms with Gasteiger partial charge in [0.25, 0.3) is 5.91 Å². The molecule has 0 radical (unpaired) electrons. The molecule has 1 N–H and O–H groups in total. The van der Waals surface area contributed by atoms with Gasteiger partial charge in [-0.15, -0.1) is 0 Å². The summed E-state index contributed by atoms with van der Waals surface area (Å²) in [5, 5.41) is 2.82. The molecule has 5 nitrogen and oxygen atoms in total. The standard InChI is InChI=1S/C19H23NO4/c1-12-6-7-13(2)17(10-12)24-14(3)19(21)20-16-9-8-15(22-4)11-18(16)23-5/h6-11,14H,1-5H3,(H,20,21)/t14-/m1/s1. The van der Waals surface area contributed by atoms with Gasteiger partial charge >= 0.3 is 0 Å². The number of carbonyl (C=O) groups excluding carboxylic acids is 1. The molecule has 0 aliphatic rings. The zero-order chi connectivity index (χ0) is 17.7. The summed E-state index contributed by atoms with van der Waals surface area (Å²) in [6, 6.07) is 11.1. The van der Waals surface area contributed by atoms with E-state index in [2.05, 4.69) is 5.32 Å². The van der Waals surface area contributed by atoms with Crippen molar-refractivity contribution in [2.45, 2.75) is 26.9 Å². The minimum absolute atomic E-state index is 0.251. The molecule has 2 rings (SSSR count). The fourth-order valence-electron chi connectivity index (χ4n) is 2.21. The summed E-state index contributed by atoms with van der Waals surface area (Å²) in [5.74, 6) is 1.64. The van der Waals surface area contributed by atoms with E-state index >= 15 is 0 Å². The molecule has 128 valence electrons. The Hall–Kier alpha value is -2.69. The van der Waals surface area contributed by atoms with Crippen molar-refractivity contribution in [3.05, 3.63) is 47.5 Å². The molecule has 0 aromatic heterocycles. The monoisotopic (exact) mass is 329 g/mol. The number of carbonyl (C=O) groups is 1. The van der Waals surface area contributed by atoms with Gasteiger partial charge in [-0.25, -0.2) is 0 Å². The Labute approximate surface area is 142 Å². The third-order valence-corrected chi connectivity index (χ3v) is 3.68. The van der Waals surface area contributed by atoms with Crippen LogP contribution >= 0.6 is 0 Å². The van der Waals surface area contributed by atoms with Crippen LogP contribution in [-0.2, 0) is 4.79 Å². The highest BCUT2D eigenvalue weighted by Crippen LogP contribution is 2.29. The van der Waals surface area contributed by atoms with Gasteiger partial charge in [0, 0.05) is 6.07 Å². The fourth-order valence-corrected chi connectivity index (χ4v) is 2.21. The van der Waals surface area contributed by atoms with Crippen LogP contribution < -0.4 is 19.5 Å². The summed E-state index contributed by atoms with van der Waals surface area (Å²) < 4.78 is 16.2. The van der Waals surface area contributed by atoms with Crippen LogP contribution in [0.5, 0.6) is 17.2 Å². The van der Waals surface area contributed by atoms with Crippen molar-refractivity contribution in [1.29, 1.82) is 0 Å². The first kappa shape index (κ1) is 17.7. The molecule has 1 amide bonds. The summed E-state index contributed by atoms with van der Waals surface area (Å²) in [4.78, 5) is 12.4. The van der Waals surface area contributed by atoms with E-state index < -0.39 is 6.10 Å².